The van der Waals surface area contributed by atoms with Gasteiger partial charge in [0.05, 0.1) is 0 Å². The van der Waals surface area contributed by atoms with Crippen molar-refractivity contribution in [1.29, 1.82) is 0 Å². The first-order chi connectivity index (χ1) is 6.29. The molecule has 0 aliphatic carbocycles. The second-order valence-electron chi connectivity index (χ2n) is 2.11. The fourth-order valence-corrected chi connectivity index (χ4v) is 1.07. The first-order valence-electron chi connectivity index (χ1n) is 3.14. The van der Waals surface area contributed by atoms with Gasteiger partial charge >= 0.3 is 34.7 Å². The van der Waals surface area contributed by atoms with Crippen LogP contribution in [0.25, 0.3) is 10.9 Å². The molecule has 71 valence electrons. The Morgan fingerprint density at radius 2 is 2.23 bits per heavy atom. The number of rotatable bonds is 0. The number of halogens is 3. The summed E-state index contributed by atoms with van der Waals surface area (Å²) >= 11 is 9.44. The summed E-state index contributed by atoms with van der Waals surface area (Å²) in [5.41, 5.74) is 0.534. The number of nitrogens with zero attached hydrogens (tertiary/aromatic N) is 2. The van der Waals surface area contributed by atoms with Crippen LogP contribution in [0.5, 0.6) is 0 Å². The van der Waals surface area contributed by atoms with Crippen molar-refractivity contribution < 1.29 is 19.4 Å². The average Bonchev–Trinajstić information content (AvgIpc) is 2.63. The standard InChI is InChI=1S/C7H3ClFN2.HI.Os/c8-7-6(9)4-1-2-10-5(4)3-11-7;;/h1-3H;1H;/q-1;;+1/p-1. The van der Waals surface area contributed by atoms with Crippen LogP contribution < -0.4 is 4.98 Å². The molecule has 0 radical (unpaired) electrons. The van der Waals surface area contributed by atoms with Crippen LogP contribution in [0.1, 0.15) is 0 Å². The Kier molecular flexibility index (Phi) is 4.57. The zero-order chi connectivity index (χ0) is 9.84. The van der Waals surface area contributed by atoms with Crippen LogP contribution in [0, 0.1) is 5.82 Å². The maximum absolute atomic E-state index is 13.0. The van der Waals surface area contributed by atoms with Gasteiger partial charge in [-0.2, -0.15) is 6.20 Å². The summed E-state index contributed by atoms with van der Waals surface area (Å²) in [6.07, 6.45) is 2.96. The molecule has 0 N–H and O–H groups in total. The fourth-order valence-electron chi connectivity index (χ4n) is 0.921. The van der Waals surface area contributed by atoms with E-state index in [1.165, 1.54) is 12.4 Å². The minimum atomic E-state index is -0.498. The van der Waals surface area contributed by atoms with Crippen molar-refractivity contribution in [1.82, 2.24) is 9.97 Å². The Bertz CT molecular complexity index is 406. The number of hydrogen-bond acceptors (Lipinski definition) is 1. The molecule has 0 aliphatic heterocycles. The summed E-state index contributed by atoms with van der Waals surface area (Å²) in [7, 11) is 0. The first-order valence-corrected chi connectivity index (χ1v) is 10.7. The van der Waals surface area contributed by atoms with Crippen LogP contribution >= 0.6 is 31.3 Å². The molecule has 2 nitrogen and oxygen atoms in total. The van der Waals surface area contributed by atoms with Crippen molar-refractivity contribution >= 4 is 42.2 Å². The average molecular weight is 487 g/mol. The molecule has 0 aliphatic rings. The predicted octanol–water partition coefficient (Wildman–Crippen LogP) is 2.87. The van der Waals surface area contributed by atoms with Crippen LogP contribution in [0.2, 0.25) is 5.15 Å². The van der Waals surface area contributed by atoms with E-state index in [-0.39, 0.29) is 5.15 Å². The third-order valence-corrected chi connectivity index (χ3v) is 1.71. The van der Waals surface area contributed by atoms with Crippen molar-refractivity contribution in [2.24, 2.45) is 0 Å². The molecule has 0 atom stereocenters. The Balaban J connectivity index is 0.000000396. The molecule has 2 rings (SSSR count). The summed E-state index contributed by atoms with van der Waals surface area (Å²) in [4.78, 5) is 7.47. The monoisotopic (exact) mass is 488 g/mol. The van der Waals surface area contributed by atoms with E-state index in [4.69, 9.17) is 11.6 Å². The van der Waals surface area contributed by atoms with Gasteiger partial charge in [0.15, 0.2) is 11.0 Å². The molecule has 0 saturated heterocycles. The van der Waals surface area contributed by atoms with Crippen LogP contribution in [0.15, 0.2) is 18.5 Å². The van der Waals surface area contributed by atoms with Gasteiger partial charge < -0.3 is 4.98 Å². The molecule has 0 aromatic carbocycles. The number of hydrogen-bond donors (Lipinski definition) is 0. The van der Waals surface area contributed by atoms with Crippen LogP contribution in [0.3, 0.4) is 0 Å². The molecule has 6 heteroatoms. The maximum atomic E-state index is 13.0. The molecule has 2 aromatic heterocycles. The molecule has 0 spiro atoms. The molecule has 0 unspecified atom stereocenters. The summed E-state index contributed by atoms with van der Waals surface area (Å²) < 4.78 is 13.0. The SMILES string of the molecule is Fc1c(Cl)ncc2[n-]ccc12.[I][Os]. The molecular weight excluding hydrogens is 484 g/mol. The number of fused-ring (bicyclic) bond motifs is 1. The van der Waals surface area contributed by atoms with Gasteiger partial charge in [0.1, 0.15) is 0 Å². The van der Waals surface area contributed by atoms with Crippen molar-refractivity contribution in [2.75, 3.05) is 0 Å². The van der Waals surface area contributed by atoms with E-state index in [2.05, 4.69) is 29.6 Å². The van der Waals surface area contributed by atoms with E-state index in [1.54, 1.807) is 6.07 Å². The number of pyridine rings is 1. The van der Waals surface area contributed by atoms with Gasteiger partial charge in [-0.3, -0.25) is 0 Å². The van der Waals surface area contributed by atoms with Gasteiger partial charge in [0, 0.05) is 6.20 Å². The summed E-state index contributed by atoms with van der Waals surface area (Å²) in [6, 6.07) is 1.57. The van der Waals surface area contributed by atoms with Gasteiger partial charge in [0.25, 0.3) is 0 Å². The van der Waals surface area contributed by atoms with Crippen molar-refractivity contribution in [3.05, 3.63) is 29.4 Å². The Morgan fingerprint density at radius 3 is 2.92 bits per heavy atom. The van der Waals surface area contributed by atoms with E-state index in [0.29, 0.717) is 10.9 Å². The van der Waals surface area contributed by atoms with Crippen molar-refractivity contribution in [3.8, 4) is 0 Å². The van der Waals surface area contributed by atoms with Crippen LogP contribution in [-0.4, -0.2) is 4.98 Å². The zero-order valence-electron chi connectivity index (χ0n) is 6.11. The summed E-state index contributed by atoms with van der Waals surface area (Å²) in [6.45, 7) is 0. The molecule has 0 bridgehead atoms. The van der Waals surface area contributed by atoms with Crippen LogP contribution in [-0.2, 0) is 15.1 Å². The molecular formula is C7H3ClFIN2Os-. The summed E-state index contributed by atoms with van der Waals surface area (Å²) in [5.74, 6) is -0.498. The molecule has 2 aromatic rings. The first kappa shape index (κ1) is 11.4. The molecule has 0 saturated carbocycles. The predicted molar refractivity (Wildman–Crippen MR) is 54.1 cm³/mol. The van der Waals surface area contributed by atoms with Gasteiger partial charge in [-0.25, -0.2) is 9.37 Å². The quantitative estimate of drug-likeness (QED) is 0.423. The Labute approximate surface area is 100 Å². The van der Waals surface area contributed by atoms with Crippen molar-refractivity contribution in [3.63, 3.8) is 0 Å². The second-order valence-corrected chi connectivity index (χ2v) is 2.46. The summed E-state index contributed by atoms with van der Waals surface area (Å²) in [5, 5.41) is 0.315. The van der Waals surface area contributed by atoms with Crippen LogP contribution in [0.4, 0.5) is 4.39 Å². The second kappa shape index (κ2) is 5.23. The number of aromatic nitrogens is 2. The molecule has 0 amide bonds. The Hall–Kier alpha value is 0.276. The van der Waals surface area contributed by atoms with Crippen molar-refractivity contribution in [2.45, 2.75) is 0 Å². The normalized spacial score (nSPS) is 9.54. The van der Waals surface area contributed by atoms with Gasteiger partial charge in [-0.1, -0.05) is 17.7 Å². The van der Waals surface area contributed by atoms with E-state index in [9.17, 15) is 4.39 Å². The molecule has 0 fully saturated rings. The third-order valence-electron chi connectivity index (χ3n) is 1.45. The third kappa shape index (κ3) is 2.39. The zero-order valence-corrected chi connectivity index (χ0v) is 11.6. The van der Waals surface area contributed by atoms with E-state index < -0.39 is 5.82 Å². The van der Waals surface area contributed by atoms with E-state index in [0.717, 1.165) is 0 Å². The van der Waals surface area contributed by atoms with E-state index >= 15 is 0 Å². The topological polar surface area (TPSA) is 27.0 Å². The molecule has 13 heavy (non-hydrogen) atoms. The van der Waals surface area contributed by atoms with Gasteiger partial charge in [-0.15, -0.1) is 5.52 Å². The van der Waals surface area contributed by atoms with Gasteiger partial charge in [0.2, 0.25) is 0 Å². The fraction of sp³-hybridized carbons (Fsp3) is 0. The minimum absolute atomic E-state index is 0.106. The Morgan fingerprint density at radius 1 is 1.54 bits per heavy atom. The van der Waals surface area contributed by atoms with E-state index in [1.807, 2.05) is 15.1 Å². The molecule has 2 heterocycles. The van der Waals surface area contributed by atoms with Gasteiger partial charge in [-0.05, 0) is 5.39 Å².